The van der Waals surface area contributed by atoms with Crippen molar-refractivity contribution in [2.75, 3.05) is 13.6 Å². The lowest BCUT2D eigenvalue weighted by molar-refractivity contribution is 0.441. The molecule has 1 unspecified atom stereocenters. The maximum atomic E-state index is 5.66. The van der Waals surface area contributed by atoms with E-state index in [1.54, 1.807) is 7.05 Å². The molecule has 0 aliphatic heterocycles. The number of furan rings is 1. The van der Waals surface area contributed by atoms with Gasteiger partial charge in [0.05, 0.1) is 6.04 Å². The monoisotopic (exact) mass is 466 g/mol. The van der Waals surface area contributed by atoms with Gasteiger partial charge in [-0.05, 0) is 50.5 Å². The van der Waals surface area contributed by atoms with E-state index in [2.05, 4.69) is 58.9 Å². The Labute approximate surface area is 171 Å². The molecule has 0 aliphatic rings. The summed E-state index contributed by atoms with van der Waals surface area (Å²) in [6.45, 7) is 6.95. The molecule has 0 radical (unpaired) electrons. The van der Waals surface area contributed by atoms with Crippen LogP contribution < -0.4 is 10.6 Å². The number of para-hydroxylation sites is 1. The molecule has 1 atom stereocenters. The number of guanidine groups is 1. The first kappa shape index (κ1) is 20.4. The highest BCUT2D eigenvalue weighted by Gasteiger charge is 2.11. The first-order valence-corrected chi connectivity index (χ1v) is 8.67. The molecular formula is C20H27IN4O. The molecule has 0 aliphatic carbocycles. The Morgan fingerprint density at radius 1 is 1.23 bits per heavy atom. The predicted molar refractivity (Wildman–Crippen MR) is 119 cm³/mol. The minimum absolute atomic E-state index is 0. The number of fused-ring (bicyclic) bond motifs is 1. The van der Waals surface area contributed by atoms with Crippen molar-refractivity contribution in [3.05, 3.63) is 59.2 Å². The number of aromatic nitrogens is 1. The summed E-state index contributed by atoms with van der Waals surface area (Å²) < 4.78 is 5.66. The van der Waals surface area contributed by atoms with Crippen LogP contribution in [0.4, 0.5) is 0 Å². The quantitative estimate of drug-likeness (QED) is 0.296. The third-order valence-corrected chi connectivity index (χ3v) is 4.46. The Morgan fingerprint density at radius 2 is 2.04 bits per heavy atom. The van der Waals surface area contributed by atoms with Crippen LogP contribution in [-0.4, -0.2) is 24.5 Å². The molecule has 0 fully saturated rings. The molecule has 3 aromatic rings. The van der Waals surface area contributed by atoms with Crippen LogP contribution in [-0.2, 0) is 6.42 Å². The van der Waals surface area contributed by atoms with E-state index >= 15 is 0 Å². The van der Waals surface area contributed by atoms with Crippen molar-refractivity contribution >= 4 is 40.8 Å². The SMILES string of the molecule is CN=C(NCCc1c[nH]c2c(C)cccc12)NC(C)c1ccc(C)o1.I. The lowest BCUT2D eigenvalue weighted by Gasteiger charge is -2.16. The van der Waals surface area contributed by atoms with Gasteiger partial charge in [0.1, 0.15) is 11.5 Å². The minimum Gasteiger partial charge on any atom is -0.464 e. The maximum Gasteiger partial charge on any atom is 0.191 e. The number of nitrogens with one attached hydrogen (secondary N) is 3. The van der Waals surface area contributed by atoms with E-state index in [4.69, 9.17) is 4.42 Å². The van der Waals surface area contributed by atoms with Gasteiger partial charge >= 0.3 is 0 Å². The molecule has 26 heavy (non-hydrogen) atoms. The van der Waals surface area contributed by atoms with Crippen molar-refractivity contribution in [3.63, 3.8) is 0 Å². The first-order valence-electron chi connectivity index (χ1n) is 8.67. The van der Waals surface area contributed by atoms with Gasteiger partial charge in [-0.1, -0.05) is 18.2 Å². The van der Waals surface area contributed by atoms with Crippen LogP contribution in [0.15, 0.2) is 45.9 Å². The number of rotatable bonds is 5. The summed E-state index contributed by atoms with van der Waals surface area (Å²) in [6, 6.07) is 10.4. The van der Waals surface area contributed by atoms with E-state index < -0.39 is 0 Å². The normalized spacial score (nSPS) is 12.7. The fourth-order valence-corrected chi connectivity index (χ4v) is 3.04. The van der Waals surface area contributed by atoms with Gasteiger partial charge in [0.2, 0.25) is 0 Å². The minimum atomic E-state index is 0. The van der Waals surface area contributed by atoms with Crippen LogP contribution in [0.1, 0.15) is 35.6 Å². The standard InChI is InChI=1S/C20H26N4O.HI/c1-13-6-5-7-17-16(12-23-19(13)17)10-11-22-20(21-4)24-15(3)18-9-8-14(2)25-18;/h5-9,12,15,23H,10-11H2,1-4H3,(H2,21,22,24);1H. The molecule has 0 saturated heterocycles. The smallest absolute Gasteiger partial charge is 0.191 e. The second-order valence-electron chi connectivity index (χ2n) is 6.37. The molecule has 0 bridgehead atoms. The van der Waals surface area contributed by atoms with Gasteiger partial charge in [-0.2, -0.15) is 0 Å². The van der Waals surface area contributed by atoms with Gasteiger partial charge in [0, 0.05) is 30.7 Å². The van der Waals surface area contributed by atoms with Gasteiger partial charge in [-0.25, -0.2) is 0 Å². The number of aliphatic imine (C=N–C) groups is 1. The van der Waals surface area contributed by atoms with Crippen molar-refractivity contribution in [1.29, 1.82) is 0 Å². The molecule has 1 aromatic carbocycles. The number of aromatic amines is 1. The summed E-state index contributed by atoms with van der Waals surface area (Å²) in [6.07, 6.45) is 3.03. The van der Waals surface area contributed by atoms with Crippen molar-refractivity contribution in [2.24, 2.45) is 4.99 Å². The summed E-state index contributed by atoms with van der Waals surface area (Å²) in [5.41, 5.74) is 3.81. The van der Waals surface area contributed by atoms with Crippen molar-refractivity contribution < 1.29 is 4.42 Å². The number of nitrogens with zero attached hydrogens (tertiary/aromatic N) is 1. The average Bonchev–Trinajstić information content (AvgIpc) is 3.21. The molecule has 5 nitrogen and oxygen atoms in total. The average molecular weight is 466 g/mol. The van der Waals surface area contributed by atoms with E-state index in [1.165, 1.54) is 22.0 Å². The fourth-order valence-electron chi connectivity index (χ4n) is 3.04. The predicted octanol–water partition coefficient (Wildman–Crippen LogP) is 4.46. The summed E-state index contributed by atoms with van der Waals surface area (Å²) in [5.74, 6) is 2.60. The molecule has 3 rings (SSSR count). The van der Waals surface area contributed by atoms with E-state index in [-0.39, 0.29) is 30.0 Å². The van der Waals surface area contributed by atoms with Crippen LogP contribution in [0.5, 0.6) is 0 Å². The van der Waals surface area contributed by atoms with Crippen LogP contribution >= 0.6 is 24.0 Å². The fraction of sp³-hybridized carbons (Fsp3) is 0.350. The maximum absolute atomic E-state index is 5.66. The topological polar surface area (TPSA) is 65.3 Å². The Bertz CT molecular complexity index is 881. The molecule has 3 N–H and O–H groups in total. The van der Waals surface area contributed by atoms with Gasteiger partial charge in [-0.15, -0.1) is 24.0 Å². The van der Waals surface area contributed by atoms with Gasteiger partial charge < -0.3 is 20.0 Å². The van der Waals surface area contributed by atoms with Crippen molar-refractivity contribution in [1.82, 2.24) is 15.6 Å². The van der Waals surface area contributed by atoms with E-state index in [9.17, 15) is 0 Å². The number of hydrogen-bond donors (Lipinski definition) is 3. The van der Waals surface area contributed by atoms with Crippen LogP contribution in [0.3, 0.4) is 0 Å². The third kappa shape index (κ3) is 4.60. The zero-order valence-corrected chi connectivity index (χ0v) is 18.0. The number of H-pyrrole nitrogens is 1. The number of benzene rings is 1. The lowest BCUT2D eigenvalue weighted by atomic mass is 10.1. The highest BCUT2D eigenvalue weighted by molar-refractivity contribution is 14.0. The van der Waals surface area contributed by atoms with Crippen LogP contribution in [0, 0.1) is 13.8 Å². The zero-order chi connectivity index (χ0) is 17.8. The first-order chi connectivity index (χ1) is 12.1. The van der Waals surface area contributed by atoms with Crippen LogP contribution in [0.2, 0.25) is 0 Å². The van der Waals surface area contributed by atoms with E-state index in [1.807, 2.05) is 19.1 Å². The van der Waals surface area contributed by atoms with Gasteiger partial charge in [-0.3, -0.25) is 4.99 Å². The molecule has 140 valence electrons. The zero-order valence-electron chi connectivity index (χ0n) is 15.7. The molecule has 2 heterocycles. The molecule has 0 amide bonds. The number of hydrogen-bond acceptors (Lipinski definition) is 2. The number of aryl methyl sites for hydroxylation is 2. The molecule has 0 saturated carbocycles. The molecule has 2 aromatic heterocycles. The highest BCUT2D eigenvalue weighted by Crippen LogP contribution is 2.21. The van der Waals surface area contributed by atoms with Crippen LogP contribution in [0.25, 0.3) is 10.9 Å². The Morgan fingerprint density at radius 3 is 2.73 bits per heavy atom. The molecular weight excluding hydrogens is 439 g/mol. The summed E-state index contributed by atoms with van der Waals surface area (Å²) in [7, 11) is 1.78. The summed E-state index contributed by atoms with van der Waals surface area (Å²) in [4.78, 5) is 7.68. The lowest BCUT2D eigenvalue weighted by Crippen LogP contribution is -2.39. The van der Waals surface area contributed by atoms with Crippen molar-refractivity contribution in [2.45, 2.75) is 33.2 Å². The van der Waals surface area contributed by atoms with Crippen molar-refractivity contribution in [3.8, 4) is 0 Å². The summed E-state index contributed by atoms with van der Waals surface area (Å²) in [5, 5.41) is 8.03. The van der Waals surface area contributed by atoms with E-state index in [0.717, 1.165) is 30.4 Å². The second kappa shape index (κ2) is 9.12. The molecule has 6 heteroatoms. The Balaban J connectivity index is 0.00000243. The Hall–Kier alpha value is -1.96. The van der Waals surface area contributed by atoms with Gasteiger partial charge in [0.15, 0.2) is 5.96 Å². The summed E-state index contributed by atoms with van der Waals surface area (Å²) >= 11 is 0. The second-order valence-corrected chi connectivity index (χ2v) is 6.37. The third-order valence-electron chi connectivity index (χ3n) is 4.46. The molecule has 0 spiro atoms. The number of halogens is 1. The largest absolute Gasteiger partial charge is 0.464 e. The Kier molecular flexibility index (Phi) is 7.14. The highest BCUT2D eigenvalue weighted by atomic mass is 127. The van der Waals surface area contributed by atoms with Gasteiger partial charge in [0.25, 0.3) is 0 Å². The van der Waals surface area contributed by atoms with E-state index in [0.29, 0.717) is 0 Å².